The Labute approximate surface area is 102 Å². The fraction of sp³-hybridized carbons (Fsp3) is 0.333. The van der Waals surface area contributed by atoms with Crippen LogP contribution in [0.4, 0.5) is 5.69 Å². The first-order valence-electron chi connectivity index (χ1n) is 4.72. The van der Waals surface area contributed by atoms with Gasteiger partial charge in [-0.3, -0.25) is 4.84 Å². The predicted octanol–water partition coefficient (Wildman–Crippen LogP) is 1.36. The Morgan fingerprint density at radius 2 is 2.19 bits per heavy atom. The lowest BCUT2D eigenvalue weighted by Gasteiger charge is -2.15. The van der Waals surface area contributed by atoms with Crippen molar-refractivity contribution in [3.63, 3.8) is 0 Å². The fourth-order valence-electron chi connectivity index (χ4n) is 1.45. The molecule has 0 atom stereocenters. The molecule has 1 heterocycles. The first kappa shape index (κ1) is 11.8. The largest absolute Gasteiger partial charge is 0.399 e. The van der Waals surface area contributed by atoms with E-state index in [1.54, 1.807) is 12.1 Å². The molecule has 0 unspecified atom stereocenters. The number of nitrogens with two attached hydrogens (primary N) is 1. The molecule has 0 amide bonds. The normalized spacial score (nSPS) is 17.8. The summed E-state index contributed by atoms with van der Waals surface area (Å²) in [5.41, 5.74) is 6.06. The van der Waals surface area contributed by atoms with Gasteiger partial charge in [0.2, 0.25) is 0 Å². The highest BCUT2D eigenvalue weighted by atomic mass is 79.9. The predicted molar refractivity (Wildman–Crippen MR) is 63.0 cm³/mol. The van der Waals surface area contributed by atoms with Crippen LogP contribution in [-0.2, 0) is 14.9 Å². The van der Waals surface area contributed by atoms with Gasteiger partial charge in [0.15, 0.2) is 0 Å². The average Bonchev–Trinajstić information content (AvgIpc) is 2.69. The Morgan fingerprint density at radius 1 is 1.44 bits per heavy atom. The van der Waals surface area contributed by atoms with Gasteiger partial charge >= 0.3 is 0 Å². The Morgan fingerprint density at radius 3 is 2.75 bits per heavy atom. The standard InChI is InChI=1S/C9H11BrN2O3S/c10-8-6-7(11)2-3-9(8)16(13,14)12-4-1-5-15-12/h2-3,6H,1,4-5,11H2. The Bertz CT molecular complexity index is 497. The van der Waals surface area contributed by atoms with Crippen LogP contribution < -0.4 is 5.73 Å². The van der Waals surface area contributed by atoms with Crippen LogP contribution in [0.3, 0.4) is 0 Å². The van der Waals surface area contributed by atoms with Gasteiger partial charge in [0.1, 0.15) is 0 Å². The molecule has 16 heavy (non-hydrogen) atoms. The number of sulfonamides is 1. The summed E-state index contributed by atoms with van der Waals surface area (Å²) in [4.78, 5) is 5.22. The van der Waals surface area contributed by atoms with Crippen molar-refractivity contribution in [2.45, 2.75) is 11.3 Å². The molecule has 1 aromatic carbocycles. The van der Waals surface area contributed by atoms with E-state index in [2.05, 4.69) is 15.9 Å². The second-order valence-electron chi connectivity index (χ2n) is 3.41. The molecule has 0 saturated carbocycles. The van der Waals surface area contributed by atoms with E-state index >= 15 is 0 Å². The minimum absolute atomic E-state index is 0.170. The summed E-state index contributed by atoms with van der Waals surface area (Å²) < 4.78 is 25.7. The van der Waals surface area contributed by atoms with Gasteiger partial charge in [0.05, 0.1) is 11.5 Å². The molecule has 0 radical (unpaired) electrons. The van der Waals surface area contributed by atoms with Crippen LogP contribution in [0.25, 0.3) is 0 Å². The molecule has 5 nitrogen and oxygen atoms in total. The Hall–Kier alpha value is -0.630. The van der Waals surface area contributed by atoms with Crippen LogP contribution in [-0.4, -0.2) is 26.0 Å². The molecule has 2 N–H and O–H groups in total. The molecule has 1 saturated heterocycles. The highest BCUT2D eigenvalue weighted by Crippen LogP contribution is 2.28. The topological polar surface area (TPSA) is 72.6 Å². The lowest BCUT2D eigenvalue weighted by Crippen LogP contribution is -2.27. The van der Waals surface area contributed by atoms with E-state index in [-0.39, 0.29) is 4.90 Å². The number of hydrogen-bond acceptors (Lipinski definition) is 4. The van der Waals surface area contributed by atoms with Gasteiger partial charge < -0.3 is 5.73 Å². The van der Waals surface area contributed by atoms with Crippen molar-refractivity contribution in [3.8, 4) is 0 Å². The molecule has 7 heteroatoms. The van der Waals surface area contributed by atoms with Crippen molar-refractivity contribution in [1.29, 1.82) is 0 Å². The third-order valence-corrected chi connectivity index (χ3v) is 4.88. The van der Waals surface area contributed by atoms with Crippen molar-refractivity contribution in [3.05, 3.63) is 22.7 Å². The molecule has 2 rings (SSSR count). The first-order valence-corrected chi connectivity index (χ1v) is 6.96. The van der Waals surface area contributed by atoms with E-state index in [1.165, 1.54) is 6.07 Å². The Balaban J connectivity index is 2.42. The van der Waals surface area contributed by atoms with E-state index in [1.807, 2.05) is 0 Å². The maximum Gasteiger partial charge on any atom is 0.266 e. The molecular formula is C9H11BrN2O3S. The van der Waals surface area contributed by atoms with Gasteiger partial charge in [0, 0.05) is 16.7 Å². The number of hydrogen-bond donors (Lipinski definition) is 1. The average molecular weight is 307 g/mol. The molecule has 0 aromatic heterocycles. The van der Waals surface area contributed by atoms with Crippen LogP contribution >= 0.6 is 15.9 Å². The maximum atomic E-state index is 12.1. The summed E-state index contributed by atoms with van der Waals surface area (Å²) in [7, 11) is -3.58. The molecule has 1 aliphatic heterocycles. The fourth-order valence-corrected chi connectivity index (χ4v) is 3.81. The van der Waals surface area contributed by atoms with E-state index in [0.29, 0.717) is 29.7 Å². The second kappa shape index (κ2) is 4.33. The van der Waals surface area contributed by atoms with Gasteiger partial charge in [-0.05, 0) is 40.5 Å². The highest BCUT2D eigenvalue weighted by molar-refractivity contribution is 9.10. The SMILES string of the molecule is Nc1ccc(S(=O)(=O)N2CCCO2)c(Br)c1. The van der Waals surface area contributed by atoms with Gasteiger partial charge in [-0.25, -0.2) is 8.42 Å². The summed E-state index contributed by atoms with van der Waals surface area (Å²) in [6, 6.07) is 4.58. The molecule has 88 valence electrons. The number of nitrogen functional groups attached to an aromatic ring is 1. The second-order valence-corrected chi connectivity index (χ2v) is 6.06. The van der Waals surface area contributed by atoms with Gasteiger partial charge in [-0.2, -0.15) is 0 Å². The quantitative estimate of drug-likeness (QED) is 0.837. The van der Waals surface area contributed by atoms with Crippen LogP contribution in [0.5, 0.6) is 0 Å². The number of hydroxylamine groups is 1. The molecule has 1 aromatic rings. The van der Waals surface area contributed by atoms with Crippen LogP contribution in [0.2, 0.25) is 0 Å². The van der Waals surface area contributed by atoms with Crippen molar-refractivity contribution in [2.24, 2.45) is 0 Å². The van der Waals surface area contributed by atoms with E-state index in [9.17, 15) is 8.42 Å². The number of rotatable bonds is 2. The van der Waals surface area contributed by atoms with E-state index in [4.69, 9.17) is 10.6 Å². The smallest absolute Gasteiger partial charge is 0.266 e. The summed E-state index contributed by atoms with van der Waals surface area (Å²) in [5.74, 6) is 0. The third-order valence-electron chi connectivity index (χ3n) is 2.22. The van der Waals surface area contributed by atoms with Crippen molar-refractivity contribution in [2.75, 3.05) is 18.9 Å². The van der Waals surface area contributed by atoms with Crippen molar-refractivity contribution in [1.82, 2.24) is 4.47 Å². The number of anilines is 1. The molecule has 1 fully saturated rings. The number of nitrogens with zero attached hydrogens (tertiary/aromatic N) is 1. The maximum absolute atomic E-state index is 12.1. The van der Waals surface area contributed by atoms with E-state index in [0.717, 1.165) is 4.47 Å². The summed E-state index contributed by atoms with van der Waals surface area (Å²) in [5, 5.41) is 0. The zero-order chi connectivity index (χ0) is 11.8. The lowest BCUT2D eigenvalue weighted by atomic mass is 10.3. The minimum atomic E-state index is -3.58. The molecular weight excluding hydrogens is 296 g/mol. The van der Waals surface area contributed by atoms with Crippen LogP contribution in [0.1, 0.15) is 6.42 Å². The number of halogens is 1. The molecule has 0 spiro atoms. The van der Waals surface area contributed by atoms with Crippen LogP contribution in [0.15, 0.2) is 27.6 Å². The number of benzene rings is 1. The van der Waals surface area contributed by atoms with E-state index < -0.39 is 10.0 Å². The first-order chi connectivity index (χ1) is 7.51. The monoisotopic (exact) mass is 306 g/mol. The minimum Gasteiger partial charge on any atom is -0.399 e. The highest BCUT2D eigenvalue weighted by Gasteiger charge is 2.30. The van der Waals surface area contributed by atoms with Gasteiger partial charge in [-0.15, -0.1) is 0 Å². The summed E-state index contributed by atoms with van der Waals surface area (Å²) >= 11 is 3.19. The van der Waals surface area contributed by atoms with Crippen LogP contribution in [0, 0.1) is 0 Å². The molecule has 0 bridgehead atoms. The van der Waals surface area contributed by atoms with Crippen molar-refractivity contribution < 1.29 is 13.3 Å². The van der Waals surface area contributed by atoms with Gasteiger partial charge in [0.25, 0.3) is 10.0 Å². The molecule has 1 aliphatic rings. The lowest BCUT2D eigenvalue weighted by molar-refractivity contribution is -0.0285. The summed E-state index contributed by atoms with van der Waals surface area (Å²) in [6.07, 6.45) is 0.714. The zero-order valence-electron chi connectivity index (χ0n) is 8.39. The van der Waals surface area contributed by atoms with Gasteiger partial charge in [-0.1, -0.05) is 4.47 Å². The van der Waals surface area contributed by atoms with Crippen molar-refractivity contribution >= 4 is 31.6 Å². The summed E-state index contributed by atoms with van der Waals surface area (Å²) in [6.45, 7) is 0.824. The Kier molecular flexibility index (Phi) is 3.20. The molecule has 0 aliphatic carbocycles. The zero-order valence-corrected chi connectivity index (χ0v) is 10.8. The third kappa shape index (κ3) is 2.08.